The van der Waals surface area contributed by atoms with Gasteiger partial charge in [-0.15, -0.1) is 0 Å². The van der Waals surface area contributed by atoms with Gasteiger partial charge in [0.2, 0.25) is 0 Å². The van der Waals surface area contributed by atoms with Crippen molar-refractivity contribution in [1.29, 1.82) is 0 Å². The highest BCUT2D eigenvalue weighted by Crippen LogP contribution is 2.24. The molecule has 1 unspecified atom stereocenters. The molecule has 1 aromatic rings. The van der Waals surface area contributed by atoms with E-state index in [2.05, 4.69) is 5.32 Å². The van der Waals surface area contributed by atoms with E-state index in [-0.39, 0.29) is 29.0 Å². The summed E-state index contributed by atoms with van der Waals surface area (Å²) in [6.45, 7) is 3.49. The molecule has 0 radical (unpaired) electrons. The number of rotatable bonds is 3. The second-order valence-electron chi connectivity index (χ2n) is 7.34. The van der Waals surface area contributed by atoms with Crippen molar-refractivity contribution in [3.63, 3.8) is 0 Å². The first-order valence-electron chi connectivity index (χ1n) is 9.11. The van der Waals surface area contributed by atoms with E-state index in [9.17, 15) is 18.0 Å². The SMILES string of the molecule is Cc1cc(C2CCCNC2)oc(=O)c1C(=O)N(C)C1CCS(=O)(=O)CC1. The molecule has 2 fully saturated rings. The molecule has 0 aliphatic carbocycles. The lowest BCUT2D eigenvalue weighted by atomic mass is 9.95. The van der Waals surface area contributed by atoms with E-state index in [0.29, 0.717) is 24.2 Å². The fourth-order valence-electron chi connectivity index (χ4n) is 3.79. The fourth-order valence-corrected chi connectivity index (χ4v) is 5.26. The maximum Gasteiger partial charge on any atom is 0.349 e. The van der Waals surface area contributed by atoms with Gasteiger partial charge in [0.25, 0.3) is 5.91 Å². The maximum atomic E-state index is 12.8. The average molecular weight is 382 g/mol. The first-order chi connectivity index (χ1) is 12.3. The van der Waals surface area contributed by atoms with Crippen molar-refractivity contribution in [2.24, 2.45) is 0 Å². The van der Waals surface area contributed by atoms with Crippen molar-refractivity contribution >= 4 is 15.7 Å². The Labute approximate surface area is 153 Å². The number of nitrogens with one attached hydrogen (secondary N) is 1. The highest BCUT2D eigenvalue weighted by Gasteiger charge is 2.31. The number of hydrogen-bond donors (Lipinski definition) is 1. The lowest BCUT2D eigenvalue weighted by molar-refractivity contribution is 0.0715. The summed E-state index contributed by atoms with van der Waals surface area (Å²) in [5.74, 6) is 0.546. The van der Waals surface area contributed by atoms with Crippen LogP contribution >= 0.6 is 0 Å². The zero-order valence-corrected chi connectivity index (χ0v) is 16.1. The molecule has 2 saturated heterocycles. The van der Waals surface area contributed by atoms with Crippen LogP contribution in [0.25, 0.3) is 0 Å². The van der Waals surface area contributed by atoms with Crippen molar-refractivity contribution in [2.75, 3.05) is 31.6 Å². The zero-order valence-electron chi connectivity index (χ0n) is 15.3. The molecule has 0 spiro atoms. The summed E-state index contributed by atoms with van der Waals surface area (Å²) in [5.41, 5.74) is 0.0569. The van der Waals surface area contributed by atoms with E-state index < -0.39 is 21.4 Å². The minimum atomic E-state index is -3.00. The fraction of sp³-hybridized carbons (Fsp3) is 0.667. The average Bonchev–Trinajstić information content (AvgIpc) is 2.61. The molecule has 0 aromatic carbocycles. The van der Waals surface area contributed by atoms with Crippen LogP contribution in [0.4, 0.5) is 0 Å². The number of carbonyl (C=O) groups is 1. The Hall–Kier alpha value is -1.67. The van der Waals surface area contributed by atoms with Gasteiger partial charge in [0, 0.05) is 25.6 Å². The number of amides is 1. The molecule has 2 aliphatic heterocycles. The number of piperidine rings is 1. The van der Waals surface area contributed by atoms with Crippen LogP contribution in [-0.2, 0) is 9.84 Å². The van der Waals surface area contributed by atoms with Gasteiger partial charge >= 0.3 is 5.63 Å². The topological polar surface area (TPSA) is 96.7 Å². The summed E-state index contributed by atoms with van der Waals surface area (Å²) in [4.78, 5) is 26.8. The molecule has 26 heavy (non-hydrogen) atoms. The van der Waals surface area contributed by atoms with Crippen molar-refractivity contribution in [3.8, 4) is 0 Å². The Morgan fingerprint density at radius 1 is 1.27 bits per heavy atom. The third-order valence-electron chi connectivity index (χ3n) is 5.47. The molecule has 144 valence electrons. The van der Waals surface area contributed by atoms with Crippen molar-refractivity contribution in [2.45, 2.75) is 44.6 Å². The molecule has 1 amide bonds. The van der Waals surface area contributed by atoms with Crippen LogP contribution in [0.2, 0.25) is 0 Å². The van der Waals surface area contributed by atoms with E-state index >= 15 is 0 Å². The monoisotopic (exact) mass is 382 g/mol. The standard InChI is InChI=1S/C18H26N2O5S/c1-12-10-15(13-4-3-7-19-11-13)25-18(22)16(12)17(21)20(2)14-5-8-26(23,24)9-6-14/h10,13-14,19H,3-9,11H2,1-2H3. The summed E-state index contributed by atoms with van der Waals surface area (Å²) in [6.07, 6.45) is 2.79. The first-order valence-corrected chi connectivity index (χ1v) is 10.9. The molecule has 2 aliphatic rings. The third-order valence-corrected chi connectivity index (χ3v) is 7.19. The van der Waals surface area contributed by atoms with Gasteiger partial charge in [-0.1, -0.05) is 0 Å². The van der Waals surface area contributed by atoms with Crippen molar-refractivity contribution < 1.29 is 17.6 Å². The second-order valence-corrected chi connectivity index (χ2v) is 9.64. The highest BCUT2D eigenvalue weighted by atomic mass is 32.2. The van der Waals surface area contributed by atoms with Crippen LogP contribution in [0.3, 0.4) is 0 Å². The van der Waals surface area contributed by atoms with Gasteiger partial charge in [0.15, 0.2) is 0 Å². The van der Waals surface area contributed by atoms with E-state index in [1.165, 1.54) is 4.90 Å². The molecule has 0 bridgehead atoms. The molecule has 3 heterocycles. The Morgan fingerprint density at radius 2 is 1.96 bits per heavy atom. The Balaban J connectivity index is 1.79. The Kier molecular flexibility index (Phi) is 5.53. The van der Waals surface area contributed by atoms with Gasteiger partial charge in [0.1, 0.15) is 21.2 Å². The van der Waals surface area contributed by atoms with Gasteiger partial charge in [-0.05, 0) is 50.8 Å². The molecule has 1 N–H and O–H groups in total. The Morgan fingerprint density at radius 3 is 2.54 bits per heavy atom. The highest BCUT2D eigenvalue weighted by molar-refractivity contribution is 7.91. The van der Waals surface area contributed by atoms with Crippen LogP contribution in [0.1, 0.15) is 53.3 Å². The zero-order chi connectivity index (χ0) is 18.9. The van der Waals surface area contributed by atoms with Crippen LogP contribution in [-0.4, -0.2) is 56.9 Å². The van der Waals surface area contributed by atoms with E-state index in [4.69, 9.17) is 4.42 Å². The molecular formula is C18H26N2O5S. The van der Waals surface area contributed by atoms with Gasteiger partial charge < -0.3 is 14.6 Å². The Bertz CT molecular complexity index is 826. The van der Waals surface area contributed by atoms with Crippen molar-refractivity contribution in [3.05, 3.63) is 33.4 Å². The number of aryl methyl sites for hydroxylation is 1. The molecule has 0 saturated carbocycles. The van der Waals surface area contributed by atoms with E-state index in [1.54, 1.807) is 20.0 Å². The predicted octanol–water partition coefficient (Wildman–Crippen LogP) is 1.06. The lowest BCUT2D eigenvalue weighted by Crippen LogP contribution is -2.43. The van der Waals surface area contributed by atoms with Gasteiger partial charge in [0.05, 0.1) is 11.5 Å². The molecule has 3 rings (SSSR count). The normalized spacial score (nSPS) is 23.5. The third kappa shape index (κ3) is 4.01. The van der Waals surface area contributed by atoms with Crippen LogP contribution in [0.15, 0.2) is 15.3 Å². The number of nitrogens with zero attached hydrogens (tertiary/aromatic N) is 1. The molecule has 1 aromatic heterocycles. The summed E-state index contributed by atoms with van der Waals surface area (Å²) >= 11 is 0. The van der Waals surface area contributed by atoms with Crippen LogP contribution in [0.5, 0.6) is 0 Å². The smallest absolute Gasteiger partial charge is 0.349 e. The lowest BCUT2D eigenvalue weighted by Gasteiger charge is -2.31. The predicted molar refractivity (Wildman–Crippen MR) is 98.3 cm³/mol. The van der Waals surface area contributed by atoms with E-state index in [0.717, 1.165) is 25.9 Å². The summed E-state index contributed by atoms with van der Waals surface area (Å²) in [5, 5.41) is 3.29. The maximum absolute atomic E-state index is 12.8. The van der Waals surface area contributed by atoms with Crippen LogP contribution < -0.4 is 10.9 Å². The minimum absolute atomic E-state index is 0.0495. The number of hydrogen-bond acceptors (Lipinski definition) is 6. The summed E-state index contributed by atoms with van der Waals surface area (Å²) in [7, 11) is -1.37. The van der Waals surface area contributed by atoms with Gasteiger partial charge in [-0.25, -0.2) is 13.2 Å². The second kappa shape index (κ2) is 7.52. The van der Waals surface area contributed by atoms with Crippen molar-refractivity contribution in [1.82, 2.24) is 10.2 Å². The molecular weight excluding hydrogens is 356 g/mol. The summed E-state index contributed by atoms with van der Waals surface area (Å²) < 4.78 is 28.6. The largest absolute Gasteiger partial charge is 0.427 e. The quantitative estimate of drug-likeness (QED) is 0.840. The number of carbonyl (C=O) groups excluding carboxylic acids is 1. The minimum Gasteiger partial charge on any atom is -0.427 e. The first kappa shape index (κ1) is 19.1. The number of sulfone groups is 1. The van der Waals surface area contributed by atoms with E-state index in [1.807, 2.05) is 0 Å². The van der Waals surface area contributed by atoms with Gasteiger partial charge in [-0.2, -0.15) is 0 Å². The molecule has 7 nitrogen and oxygen atoms in total. The van der Waals surface area contributed by atoms with Gasteiger partial charge in [-0.3, -0.25) is 4.79 Å². The molecule has 8 heteroatoms. The molecule has 1 atom stereocenters. The summed E-state index contributed by atoms with van der Waals surface area (Å²) in [6, 6.07) is 1.62. The van der Waals surface area contributed by atoms with Crippen LogP contribution in [0, 0.1) is 6.92 Å².